The number of nitrogens with one attached hydrogen (secondary N) is 1. The molecule has 1 N–H and O–H groups in total. The molecule has 0 bridgehead atoms. The Hall–Kier alpha value is -3.09. The molecular formula is C19H19N3O4. The van der Waals surface area contributed by atoms with Crippen molar-refractivity contribution in [2.75, 3.05) is 18.5 Å². The Kier molecular flexibility index (Phi) is 3.79. The lowest BCUT2D eigenvalue weighted by molar-refractivity contribution is -0.120. The topological polar surface area (TPSA) is 86.5 Å². The third-order valence-corrected chi connectivity index (χ3v) is 4.60. The van der Waals surface area contributed by atoms with Gasteiger partial charge >= 0.3 is 0 Å². The molecule has 0 unspecified atom stereocenters. The average Bonchev–Trinajstić information content (AvgIpc) is 3.02. The molecular weight excluding hydrogens is 334 g/mol. The van der Waals surface area contributed by atoms with Crippen LogP contribution in [0.2, 0.25) is 0 Å². The number of nitrogens with zero attached hydrogens (tertiary/aromatic N) is 2. The predicted octanol–water partition coefficient (Wildman–Crippen LogP) is 3.22. The summed E-state index contributed by atoms with van der Waals surface area (Å²) in [6.07, 6.45) is 1.56. The van der Waals surface area contributed by atoms with Crippen LogP contribution < -0.4 is 14.8 Å². The lowest BCUT2D eigenvalue weighted by atomic mass is 9.83. The second-order valence-corrected chi connectivity index (χ2v) is 6.78. The van der Waals surface area contributed by atoms with Crippen molar-refractivity contribution in [1.29, 1.82) is 0 Å². The van der Waals surface area contributed by atoms with E-state index in [2.05, 4.69) is 15.5 Å². The van der Waals surface area contributed by atoms with Gasteiger partial charge in [0.2, 0.25) is 5.91 Å². The van der Waals surface area contributed by atoms with Gasteiger partial charge < -0.3 is 19.3 Å². The van der Waals surface area contributed by atoms with Gasteiger partial charge in [0.15, 0.2) is 11.5 Å². The van der Waals surface area contributed by atoms with Crippen molar-refractivity contribution in [2.45, 2.75) is 26.2 Å². The minimum Gasteiger partial charge on any atom is -0.486 e. The zero-order chi connectivity index (χ0) is 18.3. The molecule has 3 heterocycles. The van der Waals surface area contributed by atoms with Crippen LogP contribution in [0.4, 0.5) is 5.69 Å². The molecule has 0 radical (unpaired) electrons. The summed E-state index contributed by atoms with van der Waals surface area (Å²) in [5, 5.41) is 7.58. The second kappa shape index (κ2) is 6.01. The third-order valence-electron chi connectivity index (χ3n) is 4.60. The van der Waals surface area contributed by atoms with E-state index >= 15 is 0 Å². The standard InChI is InChI=1S/C19H19N3O4/c1-11-14-9-13(10-20-17(14)26-22-11)21-18(23)19(2,3)12-4-5-15-16(8-12)25-7-6-24-15/h4-5,8-10H,6-7H2,1-3H3,(H,21,23). The molecule has 134 valence electrons. The van der Waals surface area contributed by atoms with Crippen molar-refractivity contribution in [3.05, 3.63) is 41.7 Å². The van der Waals surface area contributed by atoms with Crippen molar-refractivity contribution in [1.82, 2.24) is 10.1 Å². The summed E-state index contributed by atoms with van der Waals surface area (Å²) in [4.78, 5) is 17.1. The van der Waals surface area contributed by atoms with Crippen LogP contribution in [-0.4, -0.2) is 29.3 Å². The van der Waals surface area contributed by atoms with Gasteiger partial charge in [-0.05, 0) is 44.5 Å². The van der Waals surface area contributed by atoms with Crippen molar-refractivity contribution in [3.63, 3.8) is 0 Å². The molecule has 1 aliphatic heterocycles. The molecule has 0 aliphatic carbocycles. The van der Waals surface area contributed by atoms with Gasteiger partial charge in [0.1, 0.15) is 13.2 Å². The number of aromatic nitrogens is 2. The summed E-state index contributed by atoms with van der Waals surface area (Å²) >= 11 is 0. The van der Waals surface area contributed by atoms with Crippen LogP contribution in [0.15, 0.2) is 35.0 Å². The maximum Gasteiger partial charge on any atom is 0.258 e. The van der Waals surface area contributed by atoms with Crippen LogP contribution in [0, 0.1) is 6.92 Å². The summed E-state index contributed by atoms with van der Waals surface area (Å²) in [6.45, 7) is 6.60. The molecule has 2 aromatic heterocycles. The minimum atomic E-state index is -0.769. The zero-order valence-corrected chi connectivity index (χ0v) is 14.8. The first-order chi connectivity index (χ1) is 12.4. The number of carbonyl (C=O) groups is 1. The number of ether oxygens (including phenoxy) is 2. The average molecular weight is 353 g/mol. The highest BCUT2D eigenvalue weighted by Crippen LogP contribution is 2.35. The molecule has 7 heteroatoms. The van der Waals surface area contributed by atoms with E-state index in [0.717, 1.165) is 16.6 Å². The Morgan fingerprint density at radius 2 is 1.92 bits per heavy atom. The SMILES string of the molecule is Cc1noc2ncc(NC(=O)C(C)(C)c3ccc4c(c3)OCCO4)cc12. The van der Waals surface area contributed by atoms with Crippen molar-refractivity contribution in [3.8, 4) is 11.5 Å². The Labute approximate surface area is 150 Å². The molecule has 3 aromatic rings. The van der Waals surface area contributed by atoms with Gasteiger partial charge in [0, 0.05) is 0 Å². The number of pyridine rings is 1. The summed E-state index contributed by atoms with van der Waals surface area (Å²) in [6, 6.07) is 7.40. The van der Waals surface area contributed by atoms with E-state index in [1.165, 1.54) is 0 Å². The maximum atomic E-state index is 12.9. The van der Waals surface area contributed by atoms with E-state index in [1.54, 1.807) is 6.20 Å². The lowest BCUT2D eigenvalue weighted by Crippen LogP contribution is -2.35. The molecule has 0 spiro atoms. The Morgan fingerprint density at radius 3 is 2.73 bits per heavy atom. The molecule has 26 heavy (non-hydrogen) atoms. The van der Waals surface area contributed by atoms with Crippen LogP contribution in [0.3, 0.4) is 0 Å². The van der Waals surface area contributed by atoms with Gasteiger partial charge in [-0.1, -0.05) is 11.2 Å². The monoisotopic (exact) mass is 353 g/mol. The van der Waals surface area contributed by atoms with Crippen LogP contribution in [-0.2, 0) is 10.2 Å². The highest BCUT2D eigenvalue weighted by atomic mass is 16.6. The molecule has 0 fully saturated rings. The van der Waals surface area contributed by atoms with Gasteiger partial charge in [-0.2, -0.15) is 0 Å². The molecule has 0 saturated heterocycles. The largest absolute Gasteiger partial charge is 0.486 e. The van der Waals surface area contributed by atoms with Gasteiger partial charge in [0.05, 0.1) is 28.4 Å². The van der Waals surface area contributed by atoms with Crippen LogP contribution in [0.1, 0.15) is 25.1 Å². The summed E-state index contributed by atoms with van der Waals surface area (Å²) in [7, 11) is 0. The maximum absolute atomic E-state index is 12.9. The van der Waals surface area contributed by atoms with E-state index in [9.17, 15) is 4.79 Å². The predicted molar refractivity (Wildman–Crippen MR) is 95.6 cm³/mol. The van der Waals surface area contributed by atoms with Gasteiger partial charge in [-0.15, -0.1) is 0 Å². The molecule has 0 saturated carbocycles. The number of rotatable bonds is 3. The Bertz CT molecular complexity index is 994. The zero-order valence-electron chi connectivity index (χ0n) is 14.8. The van der Waals surface area contributed by atoms with Crippen molar-refractivity contribution >= 4 is 22.7 Å². The Morgan fingerprint density at radius 1 is 1.15 bits per heavy atom. The van der Waals surface area contributed by atoms with Gasteiger partial charge in [0.25, 0.3) is 5.71 Å². The molecule has 4 rings (SSSR count). The highest BCUT2D eigenvalue weighted by molar-refractivity contribution is 5.99. The summed E-state index contributed by atoms with van der Waals surface area (Å²) in [5.74, 6) is 1.22. The van der Waals surface area contributed by atoms with E-state index in [-0.39, 0.29) is 5.91 Å². The smallest absolute Gasteiger partial charge is 0.258 e. The fourth-order valence-corrected chi connectivity index (χ4v) is 2.86. The van der Waals surface area contributed by atoms with E-state index in [4.69, 9.17) is 14.0 Å². The lowest BCUT2D eigenvalue weighted by Gasteiger charge is -2.26. The third kappa shape index (κ3) is 2.75. The van der Waals surface area contributed by atoms with Crippen LogP contribution >= 0.6 is 0 Å². The number of hydrogen-bond donors (Lipinski definition) is 1. The second-order valence-electron chi connectivity index (χ2n) is 6.78. The fourth-order valence-electron chi connectivity index (χ4n) is 2.86. The number of hydrogen-bond acceptors (Lipinski definition) is 6. The van der Waals surface area contributed by atoms with Gasteiger partial charge in [-0.3, -0.25) is 4.79 Å². The summed E-state index contributed by atoms with van der Waals surface area (Å²) in [5.41, 5.74) is 1.85. The van der Waals surface area contributed by atoms with E-state index in [0.29, 0.717) is 36.1 Å². The molecule has 7 nitrogen and oxygen atoms in total. The quantitative estimate of drug-likeness (QED) is 0.778. The molecule has 1 aliphatic rings. The number of aryl methyl sites for hydroxylation is 1. The number of carbonyl (C=O) groups excluding carboxylic acids is 1. The molecule has 0 atom stereocenters. The fraction of sp³-hybridized carbons (Fsp3) is 0.316. The normalized spacial score (nSPS) is 13.7. The molecule has 1 aromatic carbocycles. The van der Waals surface area contributed by atoms with Crippen molar-refractivity contribution in [2.24, 2.45) is 0 Å². The number of fused-ring (bicyclic) bond motifs is 2. The minimum absolute atomic E-state index is 0.149. The first-order valence-electron chi connectivity index (χ1n) is 8.39. The van der Waals surface area contributed by atoms with Gasteiger partial charge in [-0.25, -0.2) is 4.98 Å². The number of amides is 1. The number of benzene rings is 1. The highest BCUT2D eigenvalue weighted by Gasteiger charge is 2.31. The van der Waals surface area contributed by atoms with E-state index in [1.807, 2.05) is 45.0 Å². The van der Waals surface area contributed by atoms with Crippen molar-refractivity contribution < 1.29 is 18.8 Å². The number of anilines is 1. The first kappa shape index (κ1) is 16.4. The molecule has 1 amide bonds. The first-order valence-corrected chi connectivity index (χ1v) is 8.39. The Balaban J connectivity index is 1.60. The van der Waals surface area contributed by atoms with Crippen LogP contribution in [0.5, 0.6) is 11.5 Å². The summed E-state index contributed by atoms with van der Waals surface area (Å²) < 4.78 is 16.3. The van der Waals surface area contributed by atoms with E-state index < -0.39 is 5.41 Å². The van der Waals surface area contributed by atoms with Crippen LogP contribution in [0.25, 0.3) is 11.1 Å².